The van der Waals surface area contributed by atoms with Gasteiger partial charge in [-0.1, -0.05) is 18.2 Å². The Kier molecular flexibility index (Phi) is 6.34. The van der Waals surface area contributed by atoms with Crippen molar-refractivity contribution in [3.8, 4) is 6.07 Å². The average molecular weight is 406 g/mol. The Hall–Kier alpha value is -4.26. The van der Waals surface area contributed by atoms with Gasteiger partial charge in [0.25, 0.3) is 5.91 Å². The zero-order chi connectivity index (χ0) is 21.5. The molecule has 0 aliphatic heterocycles. The first kappa shape index (κ1) is 20.5. The fraction of sp³-hybridized carbons (Fsp3) is 0.150. The van der Waals surface area contributed by atoms with Gasteiger partial charge in [-0.2, -0.15) is 10.2 Å². The van der Waals surface area contributed by atoms with E-state index in [0.29, 0.717) is 28.3 Å². The normalized spacial score (nSPS) is 10.2. The summed E-state index contributed by atoms with van der Waals surface area (Å²) in [5.74, 6) is -0.0976. The maximum atomic E-state index is 13.8. The SMILES string of the molecule is Cn1cc(Nc2ncc(C=N)c(NCc3ccccc3F)n2)cc1C(=O)NCC#N. The summed E-state index contributed by atoms with van der Waals surface area (Å²) in [6, 6.07) is 9.85. The summed E-state index contributed by atoms with van der Waals surface area (Å²) in [5.41, 5.74) is 1.85. The Labute approximate surface area is 172 Å². The lowest BCUT2D eigenvalue weighted by molar-refractivity contribution is 0.0950. The van der Waals surface area contributed by atoms with Crippen molar-refractivity contribution >= 4 is 29.6 Å². The highest BCUT2D eigenvalue weighted by Gasteiger charge is 2.13. The number of aryl methyl sites for hydroxylation is 1. The highest BCUT2D eigenvalue weighted by Crippen LogP contribution is 2.20. The third-order valence-corrected chi connectivity index (χ3v) is 4.20. The zero-order valence-corrected chi connectivity index (χ0v) is 16.1. The number of hydrogen-bond acceptors (Lipinski definition) is 7. The molecular weight excluding hydrogens is 387 g/mol. The van der Waals surface area contributed by atoms with Crippen LogP contribution in [0.2, 0.25) is 0 Å². The van der Waals surface area contributed by atoms with Gasteiger partial charge in [-0.15, -0.1) is 0 Å². The van der Waals surface area contributed by atoms with Crippen molar-refractivity contribution in [2.75, 3.05) is 17.2 Å². The number of nitriles is 1. The number of rotatable bonds is 8. The topological polar surface area (TPSA) is 132 Å². The molecule has 1 aromatic carbocycles. The highest BCUT2D eigenvalue weighted by molar-refractivity contribution is 5.94. The van der Waals surface area contributed by atoms with Crippen molar-refractivity contribution < 1.29 is 9.18 Å². The molecule has 0 bridgehead atoms. The Morgan fingerprint density at radius 2 is 2.20 bits per heavy atom. The molecule has 152 valence electrons. The second-order valence-corrected chi connectivity index (χ2v) is 6.28. The zero-order valence-electron chi connectivity index (χ0n) is 16.1. The number of aromatic nitrogens is 3. The maximum absolute atomic E-state index is 13.8. The third-order valence-electron chi connectivity index (χ3n) is 4.20. The summed E-state index contributed by atoms with van der Waals surface area (Å²) in [6.45, 7) is 0.108. The number of carbonyl (C=O) groups is 1. The van der Waals surface area contributed by atoms with Gasteiger partial charge in [-0.3, -0.25) is 4.79 Å². The number of nitrogens with one attached hydrogen (secondary N) is 4. The lowest BCUT2D eigenvalue weighted by atomic mass is 10.2. The molecule has 30 heavy (non-hydrogen) atoms. The molecular formula is C20H19FN8O. The highest BCUT2D eigenvalue weighted by atomic mass is 19.1. The van der Waals surface area contributed by atoms with E-state index in [9.17, 15) is 9.18 Å². The van der Waals surface area contributed by atoms with Crippen molar-refractivity contribution in [3.63, 3.8) is 0 Å². The molecule has 10 heteroatoms. The number of hydrogen-bond donors (Lipinski definition) is 4. The number of nitrogens with zero attached hydrogens (tertiary/aromatic N) is 4. The first-order valence-corrected chi connectivity index (χ1v) is 8.95. The predicted octanol–water partition coefficient (Wildman–Crippen LogP) is 2.56. The van der Waals surface area contributed by atoms with Gasteiger partial charge in [0, 0.05) is 37.8 Å². The summed E-state index contributed by atoms with van der Waals surface area (Å²) in [6.07, 6.45) is 4.25. The van der Waals surface area contributed by atoms with E-state index in [0.717, 1.165) is 6.21 Å². The molecule has 2 aromatic heterocycles. The molecule has 0 fully saturated rings. The summed E-state index contributed by atoms with van der Waals surface area (Å²) in [7, 11) is 1.70. The van der Waals surface area contributed by atoms with Crippen molar-refractivity contribution in [1.82, 2.24) is 19.9 Å². The second kappa shape index (κ2) is 9.29. The largest absolute Gasteiger partial charge is 0.365 e. The molecule has 0 radical (unpaired) electrons. The van der Waals surface area contributed by atoms with E-state index in [4.69, 9.17) is 10.7 Å². The van der Waals surface area contributed by atoms with Crippen LogP contribution in [0.1, 0.15) is 21.6 Å². The molecule has 0 aliphatic rings. The molecule has 0 atom stereocenters. The van der Waals surface area contributed by atoms with Gasteiger partial charge in [0.05, 0.1) is 17.3 Å². The first-order valence-electron chi connectivity index (χ1n) is 8.95. The Morgan fingerprint density at radius 3 is 2.93 bits per heavy atom. The Balaban J connectivity index is 1.77. The number of benzene rings is 1. The minimum atomic E-state index is -0.376. The molecule has 1 amide bonds. The van der Waals surface area contributed by atoms with E-state index in [2.05, 4.69) is 25.9 Å². The minimum Gasteiger partial charge on any atom is -0.365 e. The molecule has 0 unspecified atom stereocenters. The van der Waals surface area contributed by atoms with Gasteiger partial charge in [0.2, 0.25) is 5.95 Å². The monoisotopic (exact) mass is 406 g/mol. The van der Waals surface area contributed by atoms with Crippen molar-refractivity contribution in [2.24, 2.45) is 7.05 Å². The van der Waals surface area contributed by atoms with Crippen molar-refractivity contribution in [1.29, 1.82) is 10.7 Å². The number of anilines is 3. The van der Waals surface area contributed by atoms with E-state index in [1.807, 2.05) is 6.07 Å². The molecule has 0 saturated carbocycles. The van der Waals surface area contributed by atoms with Gasteiger partial charge < -0.3 is 25.9 Å². The smallest absolute Gasteiger partial charge is 0.268 e. The summed E-state index contributed by atoms with van der Waals surface area (Å²) in [5, 5.41) is 24.6. The van der Waals surface area contributed by atoms with Crippen LogP contribution < -0.4 is 16.0 Å². The molecule has 3 aromatic rings. The third kappa shape index (κ3) is 4.77. The molecule has 2 heterocycles. The summed E-state index contributed by atoms with van der Waals surface area (Å²) < 4.78 is 15.5. The van der Waals surface area contributed by atoms with Gasteiger partial charge in [0.15, 0.2) is 0 Å². The van der Waals surface area contributed by atoms with E-state index in [-0.39, 0.29) is 30.8 Å². The molecule has 9 nitrogen and oxygen atoms in total. The van der Waals surface area contributed by atoms with Gasteiger partial charge >= 0.3 is 0 Å². The Morgan fingerprint density at radius 1 is 1.40 bits per heavy atom. The van der Waals surface area contributed by atoms with Crippen molar-refractivity contribution in [3.05, 3.63) is 65.4 Å². The molecule has 0 spiro atoms. The van der Waals surface area contributed by atoms with Crippen molar-refractivity contribution in [2.45, 2.75) is 6.54 Å². The van der Waals surface area contributed by atoms with Crippen LogP contribution in [0.5, 0.6) is 0 Å². The van der Waals surface area contributed by atoms with Crippen LogP contribution >= 0.6 is 0 Å². The summed E-state index contributed by atoms with van der Waals surface area (Å²) in [4.78, 5) is 20.6. The number of amides is 1. The van der Waals surface area contributed by atoms with Crippen LogP contribution in [0.3, 0.4) is 0 Å². The number of halogens is 1. The Bertz CT molecular complexity index is 1120. The standard InChI is InChI=1S/C20H19FN8O/c1-29-12-15(8-17(29)19(30)24-7-6-22)27-20-26-11-14(9-23)18(28-20)25-10-13-4-2-3-5-16(13)21/h2-5,8-9,11-12,23H,7,10H2,1H3,(H,24,30)(H2,25,26,27,28). The predicted molar refractivity (Wildman–Crippen MR) is 110 cm³/mol. The van der Waals surface area contributed by atoms with E-state index in [1.54, 1.807) is 42.1 Å². The fourth-order valence-electron chi connectivity index (χ4n) is 2.72. The second-order valence-electron chi connectivity index (χ2n) is 6.28. The van der Waals surface area contributed by atoms with Crippen LogP contribution in [-0.4, -0.2) is 33.2 Å². The quantitative estimate of drug-likeness (QED) is 0.336. The average Bonchev–Trinajstić information content (AvgIpc) is 3.11. The van der Waals surface area contributed by atoms with Gasteiger partial charge in [-0.25, -0.2) is 9.37 Å². The fourth-order valence-corrected chi connectivity index (χ4v) is 2.72. The molecule has 0 saturated heterocycles. The van der Waals surface area contributed by atoms with E-state index in [1.165, 1.54) is 12.3 Å². The van der Waals surface area contributed by atoms with Gasteiger partial charge in [-0.05, 0) is 12.1 Å². The number of carbonyl (C=O) groups excluding carboxylic acids is 1. The van der Waals surface area contributed by atoms with Crippen LogP contribution in [0.15, 0.2) is 42.7 Å². The van der Waals surface area contributed by atoms with Crippen LogP contribution in [0.25, 0.3) is 0 Å². The van der Waals surface area contributed by atoms with Crippen LogP contribution in [0.4, 0.5) is 21.8 Å². The van der Waals surface area contributed by atoms with Gasteiger partial charge in [0.1, 0.15) is 23.9 Å². The lowest BCUT2D eigenvalue weighted by Gasteiger charge is -2.11. The minimum absolute atomic E-state index is 0.0853. The summed E-state index contributed by atoms with van der Waals surface area (Å²) >= 11 is 0. The molecule has 3 rings (SSSR count). The first-order chi connectivity index (χ1) is 14.5. The molecule has 4 N–H and O–H groups in total. The van der Waals surface area contributed by atoms with E-state index < -0.39 is 0 Å². The van der Waals surface area contributed by atoms with Crippen LogP contribution in [-0.2, 0) is 13.6 Å². The van der Waals surface area contributed by atoms with E-state index >= 15 is 0 Å². The lowest BCUT2D eigenvalue weighted by Crippen LogP contribution is -2.25. The van der Waals surface area contributed by atoms with Crippen LogP contribution in [0, 0.1) is 22.6 Å². The maximum Gasteiger partial charge on any atom is 0.268 e. The molecule has 0 aliphatic carbocycles.